The molecule has 1 atom stereocenters. The van der Waals surface area contributed by atoms with Crippen LogP contribution in [0, 0.1) is 0 Å². The minimum atomic E-state index is -0.652. The Morgan fingerprint density at radius 2 is 1.51 bits per heavy atom. The van der Waals surface area contributed by atoms with Crippen LogP contribution < -0.4 is 14.8 Å². The second-order valence-electron chi connectivity index (χ2n) is 8.39. The fraction of sp³-hybridized carbons (Fsp3) is 0.310. The van der Waals surface area contributed by atoms with Gasteiger partial charge in [-0.3, -0.25) is 9.59 Å². The highest BCUT2D eigenvalue weighted by molar-refractivity contribution is 5.88. The first kappa shape index (κ1) is 25.8. The molecule has 0 saturated heterocycles. The Bertz CT molecular complexity index is 1080. The molecule has 0 saturated carbocycles. The van der Waals surface area contributed by atoms with Crippen molar-refractivity contribution in [1.82, 2.24) is 10.2 Å². The van der Waals surface area contributed by atoms with Crippen molar-refractivity contribution in [3.8, 4) is 11.5 Å². The van der Waals surface area contributed by atoms with E-state index >= 15 is 0 Å². The summed E-state index contributed by atoms with van der Waals surface area (Å²) in [5, 5.41) is 3.00. The number of hydrogen-bond acceptors (Lipinski definition) is 4. The maximum atomic E-state index is 13.7. The maximum Gasteiger partial charge on any atom is 0.243 e. The van der Waals surface area contributed by atoms with Crippen LogP contribution in [0.1, 0.15) is 30.0 Å². The first-order chi connectivity index (χ1) is 17.0. The van der Waals surface area contributed by atoms with E-state index < -0.39 is 6.04 Å². The van der Waals surface area contributed by atoms with E-state index in [9.17, 15) is 9.59 Å². The molecule has 0 radical (unpaired) electrons. The summed E-state index contributed by atoms with van der Waals surface area (Å²) in [6.45, 7) is 2.86. The highest BCUT2D eigenvalue weighted by atomic mass is 16.5. The smallest absolute Gasteiger partial charge is 0.243 e. The summed E-state index contributed by atoms with van der Waals surface area (Å²) in [5.74, 6) is 1.17. The average Bonchev–Trinajstić information content (AvgIpc) is 2.90. The Morgan fingerprint density at radius 3 is 2.17 bits per heavy atom. The number of nitrogens with one attached hydrogen (secondary N) is 1. The lowest BCUT2D eigenvalue weighted by atomic mass is 10.0. The van der Waals surface area contributed by atoms with Crippen LogP contribution in [0.15, 0.2) is 78.9 Å². The fourth-order valence-corrected chi connectivity index (χ4v) is 3.91. The van der Waals surface area contributed by atoms with Gasteiger partial charge in [-0.2, -0.15) is 0 Å². The summed E-state index contributed by atoms with van der Waals surface area (Å²) < 4.78 is 10.6. The molecule has 0 aliphatic rings. The summed E-state index contributed by atoms with van der Waals surface area (Å²) in [5.41, 5.74) is 2.75. The molecule has 0 aliphatic carbocycles. The zero-order chi connectivity index (χ0) is 25.0. The van der Waals surface area contributed by atoms with Crippen LogP contribution in [0.25, 0.3) is 0 Å². The molecule has 0 fully saturated rings. The minimum absolute atomic E-state index is 0.120. The first-order valence-electron chi connectivity index (χ1n) is 11.9. The van der Waals surface area contributed by atoms with E-state index in [1.807, 2.05) is 85.8 Å². The van der Waals surface area contributed by atoms with Gasteiger partial charge in [-0.15, -0.1) is 0 Å². The van der Waals surface area contributed by atoms with Crippen LogP contribution >= 0.6 is 0 Å². The quantitative estimate of drug-likeness (QED) is 0.422. The summed E-state index contributed by atoms with van der Waals surface area (Å²) >= 11 is 0. The van der Waals surface area contributed by atoms with Gasteiger partial charge in [-0.1, -0.05) is 61.5 Å². The Kier molecular flexibility index (Phi) is 9.72. The van der Waals surface area contributed by atoms with E-state index in [-0.39, 0.29) is 18.2 Å². The SMILES string of the molecule is CCCNC(=O)C(Cc1ccccc1)N(Cc1cccc(OC)c1)C(=O)Cc1ccc(OC)cc1. The number of carbonyl (C=O) groups is 2. The zero-order valence-corrected chi connectivity index (χ0v) is 20.7. The zero-order valence-electron chi connectivity index (χ0n) is 20.7. The Balaban J connectivity index is 1.94. The van der Waals surface area contributed by atoms with E-state index in [0.717, 1.165) is 28.9 Å². The summed E-state index contributed by atoms with van der Waals surface area (Å²) in [7, 11) is 3.22. The van der Waals surface area contributed by atoms with Gasteiger partial charge in [-0.05, 0) is 47.4 Å². The third-order valence-electron chi connectivity index (χ3n) is 5.82. The molecule has 3 aromatic carbocycles. The molecule has 0 spiro atoms. The van der Waals surface area contributed by atoms with E-state index in [0.29, 0.717) is 25.3 Å². The second kappa shape index (κ2) is 13.2. The van der Waals surface area contributed by atoms with Crippen LogP contribution in [0.2, 0.25) is 0 Å². The van der Waals surface area contributed by atoms with Gasteiger partial charge in [0.25, 0.3) is 0 Å². The van der Waals surface area contributed by atoms with Crippen molar-refractivity contribution in [2.75, 3.05) is 20.8 Å². The molecule has 1 N–H and O–H groups in total. The number of benzene rings is 3. The van der Waals surface area contributed by atoms with Gasteiger partial charge in [0.05, 0.1) is 20.6 Å². The Hall–Kier alpha value is -3.80. The average molecular weight is 475 g/mol. The number of methoxy groups -OCH3 is 2. The molecule has 0 bridgehead atoms. The van der Waals surface area contributed by atoms with Gasteiger partial charge in [0.15, 0.2) is 0 Å². The molecule has 0 aliphatic heterocycles. The molecule has 0 heterocycles. The molecular formula is C29H34N2O4. The molecule has 3 aromatic rings. The minimum Gasteiger partial charge on any atom is -0.497 e. The molecule has 35 heavy (non-hydrogen) atoms. The largest absolute Gasteiger partial charge is 0.497 e. The van der Waals surface area contributed by atoms with Gasteiger partial charge >= 0.3 is 0 Å². The van der Waals surface area contributed by atoms with Crippen molar-refractivity contribution in [2.45, 2.75) is 38.8 Å². The molecule has 3 rings (SSSR count). The summed E-state index contributed by atoms with van der Waals surface area (Å²) in [4.78, 5) is 28.8. The number of carbonyl (C=O) groups excluding carboxylic acids is 2. The molecule has 6 heteroatoms. The second-order valence-corrected chi connectivity index (χ2v) is 8.39. The summed E-state index contributed by atoms with van der Waals surface area (Å²) in [6, 6.07) is 24.2. The van der Waals surface area contributed by atoms with Crippen LogP contribution in [-0.2, 0) is 29.0 Å². The lowest BCUT2D eigenvalue weighted by molar-refractivity contribution is -0.140. The fourth-order valence-electron chi connectivity index (χ4n) is 3.91. The molecule has 2 amide bonds. The number of ether oxygens (including phenoxy) is 2. The highest BCUT2D eigenvalue weighted by Gasteiger charge is 2.30. The standard InChI is InChI=1S/C29H34N2O4/c1-4-17-30-29(33)27(19-22-9-6-5-7-10-22)31(21-24-11-8-12-26(18-24)35-3)28(32)20-23-13-15-25(34-2)16-14-23/h5-16,18,27H,4,17,19-21H2,1-3H3,(H,30,33). The number of rotatable bonds is 12. The molecule has 184 valence electrons. The van der Waals surface area contributed by atoms with Crippen LogP contribution in [0.3, 0.4) is 0 Å². The maximum absolute atomic E-state index is 13.7. The van der Waals surface area contributed by atoms with Gasteiger partial charge in [0.1, 0.15) is 17.5 Å². The molecule has 1 unspecified atom stereocenters. The lowest BCUT2D eigenvalue weighted by Crippen LogP contribution is -2.51. The van der Waals surface area contributed by atoms with Crippen LogP contribution in [0.4, 0.5) is 0 Å². The van der Waals surface area contributed by atoms with Crippen molar-refractivity contribution in [2.24, 2.45) is 0 Å². The van der Waals surface area contributed by atoms with Crippen molar-refractivity contribution in [1.29, 1.82) is 0 Å². The van der Waals surface area contributed by atoms with E-state index in [2.05, 4.69) is 5.32 Å². The van der Waals surface area contributed by atoms with Crippen LogP contribution in [0.5, 0.6) is 11.5 Å². The van der Waals surface area contributed by atoms with Gasteiger partial charge in [-0.25, -0.2) is 0 Å². The molecular weight excluding hydrogens is 440 g/mol. The number of hydrogen-bond donors (Lipinski definition) is 1. The van der Waals surface area contributed by atoms with Crippen molar-refractivity contribution >= 4 is 11.8 Å². The topological polar surface area (TPSA) is 67.9 Å². The van der Waals surface area contributed by atoms with E-state index in [1.165, 1.54) is 0 Å². The number of amides is 2. The van der Waals surface area contributed by atoms with E-state index in [4.69, 9.17) is 9.47 Å². The van der Waals surface area contributed by atoms with E-state index in [1.54, 1.807) is 19.1 Å². The molecule has 6 nitrogen and oxygen atoms in total. The van der Waals surface area contributed by atoms with Crippen molar-refractivity contribution in [3.05, 3.63) is 95.6 Å². The lowest BCUT2D eigenvalue weighted by Gasteiger charge is -2.32. The number of nitrogens with zero attached hydrogens (tertiary/aromatic N) is 1. The monoisotopic (exact) mass is 474 g/mol. The highest BCUT2D eigenvalue weighted by Crippen LogP contribution is 2.20. The van der Waals surface area contributed by atoms with Crippen LogP contribution in [-0.4, -0.2) is 43.5 Å². The predicted molar refractivity (Wildman–Crippen MR) is 137 cm³/mol. The first-order valence-corrected chi connectivity index (χ1v) is 11.9. The normalized spacial score (nSPS) is 11.4. The van der Waals surface area contributed by atoms with Gasteiger partial charge < -0.3 is 19.7 Å². The predicted octanol–water partition coefficient (Wildman–Crippen LogP) is 4.41. The molecule has 0 aromatic heterocycles. The third kappa shape index (κ3) is 7.60. The van der Waals surface area contributed by atoms with Gasteiger partial charge in [0, 0.05) is 19.5 Å². The van der Waals surface area contributed by atoms with Crippen molar-refractivity contribution < 1.29 is 19.1 Å². The third-order valence-corrected chi connectivity index (χ3v) is 5.82. The van der Waals surface area contributed by atoms with Gasteiger partial charge in [0.2, 0.25) is 11.8 Å². The Morgan fingerprint density at radius 1 is 0.829 bits per heavy atom. The summed E-state index contributed by atoms with van der Waals surface area (Å²) in [6.07, 6.45) is 1.43. The Labute approximate surface area is 207 Å². The van der Waals surface area contributed by atoms with Crippen molar-refractivity contribution in [3.63, 3.8) is 0 Å².